The molecule has 0 fully saturated rings. The fourth-order valence-electron chi connectivity index (χ4n) is 1.43. The van der Waals surface area contributed by atoms with Crippen LogP contribution in [-0.4, -0.2) is 36.5 Å². The Hall–Kier alpha value is -0.870. The molecule has 0 rings (SSSR count). The summed E-state index contributed by atoms with van der Waals surface area (Å²) < 4.78 is 16.8. The van der Waals surface area contributed by atoms with Gasteiger partial charge in [-0.05, 0) is 48.5 Å². The summed E-state index contributed by atoms with van der Waals surface area (Å²) in [4.78, 5) is 11.3. The first-order valence-corrected chi connectivity index (χ1v) is 7.05. The van der Waals surface area contributed by atoms with E-state index in [1.54, 1.807) is 6.92 Å². The summed E-state index contributed by atoms with van der Waals surface area (Å²) in [6.45, 7) is 18.0. The summed E-state index contributed by atoms with van der Waals surface area (Å²) in [6, 6.07) is 0. The van der Waals surface area contributed by atoms with E-state index in [4.69, 9.17) is 14.2 Å². The Morgan fingerprint density at radius 2 is 1.65 bits per heavy atom. The lowest BCUT2D eigenvalue weighted by Gasteiger charge is -2.30. The molecule has 118 valence electrons. The van der Waals surface area contributed by atoms with Gasteiger partial charge in [-0.3, -0.25) is 0 Å². The van der Waals surface area contributed by atoms with Gasteiger partial charge in [0.05, 0.1) is 30.5 Å². The van der Waals surface area contributed by atoms with Crippen molar-refractivity contribution in [3.05, 3.63) is 12.2 Å². The topological polar surface area (TPSA) is 44.8 Å². The van der Waals surface area contributed by atoms with Crippen molar-refractivity contribution in [2.75, 3.05) is 13.2 Å². The number of rotatable bonds is 7. The molecule has 4 heteroatoms. The van der Waals surface area contributed by atoms with Gasteiger partial charge in [0.25, 0.3) is 0 Å². The monoisotopic (exact) mass is 286 g/mol. The van der Waals surface area contributed by atoms with Crippen LogP contribution in [0.2, 0.25) is 0 Å². The summed E-state index contributed by atoms with van der Waals surface area (Å²) >= 11 is 0. The minimum absolute atomic E-state index is 0.104. The van der Waals surface area contributed by atoms with E-state index >= 15 is 0 Å². The lowest BCUT2D eigenvalue weighted by atomic mass is 10.1. The molecule has 0 aromatic heterocycles. The van der Waals surface area contributed by atoms with E-state index in [-0.39, 0.29) is 23.3 Å². The largest absolute Gasteiger partial charge is 0.462 e. The van der Waals surface area contributed by atoms with Crippen LogP contribution in [0, 0.1) is 0 Å². The van der Waals surface area contributed by atoms with Crippen LogP contribution in [0.3, 0.4) is 0 Å². The lowest BCUT2D eigenvalue weighted by molar-refractivity contribution is -0.145. The van der Waals surface area contributed by atoms with Crippen LogP contribution in [0.4, 0.5) is 0 Å². The van der Waals surface area contributed by atoms with Gasteiger partial charge in [0.15, 0.2) is 0 Å². The lowest BCUT2D eigenvalue weighted by Crippen LogP contribution is -2.34. The second-order valence-electron chi connectivity index (χ2n) is 6.98. The SMILES string of the molecule is C=C(C)C(=O)OCCC(COC(C)(C)C)OC(C)(C)C. The maximum Gasteiger partial charge on any atom is 0.333 e. The third-order valence-corrected chi connectivity index (χ3v) is 2.24. The molecule has 0 N–H and O–H groups in total. The molecule has 4 nitrogen and oxygen atoms in total. The molecule has 0 aliphatic heterocycles. The van der Waals surface area contributed by atoms with Crippen LogP contribution < -0.4 is 0 Å². The summed E-state index contributed by atoms with van der Waals surface area (Å²) in [5, 5.41) is 0. The summed E-state index contributed by atoms with van der Waals surface area (Å²) in [5.74, 6) is -0.365. The van der Waals surface area contributed by atoms with Crippen LogP contribution in [0.5, 0.6) is 0 Å². The van der Waals surface area contributed by atoms with Crippen LogP contribution in [0.25, 0.3) is 0 Å². The van der Waals surface area contributed by atoms with Gasteiger partial charge in [-0.2, -0.15) is 0 Å². The van der Waals surface area contributed by atoms with Gasteiger partial charge < -0.3 is 14.2 Å². The van der Waals surface area contributed by atoms with E-state index in [0.717, 1.165) is 0 Å². The zero-order valence-corrected chi connectivity index (χ0v) is 14.0. The Morgan fingerprint density at radius 3 is 2.05 bits per heavy atom. The average molecular weight is 286 g/mol. The third-order valence-electron chi connectivity index (χ3n) is 2.24. The standard InChI is InChI=1S/C16H30O4/c1-12(2)14(17)18-10-9-13(20-16(6,7)8)11-19-15(3,4)5/h13H,1,9-11H2,2-8H3. The van der Waals surface area contributed by atoms with Gasteiger partial charge in [-0.25, -0.2) is 4.79 Å². The minimum atomic E-state index is -0.365. The molecule has 0 aliphatic carbocycles. The van der Waals surface area contributed by atoms with Gasteiger partial charge >= 0.3 is 5.97 Å². The van der Waals surface area contributed by atoms with E-state index in [1.807, 2.05) is 41.5 Å². The molecule has 0 aliphatic rings. The van der Waals surface area contributed by atoms with Crippen LogP contribution in [-0.2, 0) is 19.0 Å². The van der Waals surface area contributed by atoms with Crippen LogP contribution in [0.1, 0.15) is 54.9 Å². The summed E-state index contributed by atoms with van der Waals surface area (Å²) in [5.41, 5.74) is -0.0674. The maximum atomic E-state index is 11.3. The predicted octanol–water partition coefficient (Wildman–Crippen LogP) is 3.49. The Balaban J connectivity index is 4.32. The highest BCUT2D eigenvalue weighted by atomic mass is 16.6. The minimum Gasteiger partial charge on any atom is -0.462 e. The van der Waals surface area contributed by atoms with Crippen molar-refractivity contribution in [2.45, 2.75) is 72.2 Å². The second-order valence-corrected chi connectivity index (χ2v) is 6.98. The Morgan fingerprint density at radius 1 is 1.10 bits per heavy atom. The number of hydrogen-bond acceptors (Lipinski definition) is 4. The Bertz CT molecular complexity index is 320. The smallest absolute Gasteiger partial charge is 0.333 e. The molecule has 0 heterocycles. The quantitative estimate of drug-likeness (QED) is 0.531. The van der Waals surface area contributed by atoms with Gasteiger partial charge in [-0.15, -0.1) is 0 Å². The molecular weight excluding hydrogens is 256 g/mol. The van der Waals surface area contributed by atoms with Gasteiger partial charge in [0, 0.05) is 12.0 Å². The van der Waals surface area contributed by atoms with Crippen molar-refractivity contribution < 1.29 is 19.0 Å². The highest BCUT2D eigenvalue weighted by Gasteiger charge is 2.22. The number of ether oxygens (including phenoxy) is 3. The van der Waals surface area contributed by atoms with E-state index in [2.05, 4.69) is 6.58 Å². The van der Waals surface area contributed by atoms with Gasteiger partial charge in [0.1, 0.15) is 0 Å². The van der Waals surface area contributed by atoms with Crippen molar-refractivity contribution in [1.82, 2.24) is 0 Å². The van der Waals surface area contributed by atoms with Crippen molar-refractivity contribution in [3.63, 3.8) is 0 Å². The number of carbonyl (C=O) groups is 1. The fraction of sp³-hybridized carbons (Fsp3) is 0.812. The first-order valence-electron chi connectivity index (χ1n) is 7.05. The van der Waals surface area contributed by atoms with Gasteiger partial charge in [0.2, 0.25) is 0 Å². The average Bonchev–Trinajstić information content (AvgIpc) is 2.22. The molecule has 0 bridgehead atoms. The summed E-state index contributed by atoms with van der Waals surface area (Å²) in [6.07, 6.45) is 0.499. The van der Waals surface area contributed by atoms with Crippen LogP contribution in [0.15, 0.2) is 12.2 Å². The molecule has 20 heavy (non-hydrogen) atoms. The van der Waals surface area contributed by atoms with E-state index in [9.17, 15) is 4.79 Å². The number of carbonyl (C=O) groups excluding carboxylic acids is 1. The molecule has 0 aromatic rings. The highest BCUT2D eigenvalue weighted by molar-refractivity contribution is 5.86. The second kappa shape index (κ2) is 7.79. The molecular formula is C16H30O4. The molecule has 1 unspecified atom stereocenters. The van der Waals surface area contributed by atoms with E-state index < -0.39 is 0 Å². The third kappa shape index (κ3) is 11.0. The number of esters is 1. The molecule has 0 saturated heterocycles. The first kappa shape index (κ1) is 19.1. The zero-order valence-electron chi connectivity index (χ0n) is 14.0. The molecule has 0 aromatic carbocycles. The Labute approximate surface area is 123 Å². The molecule has 0 amide bonds. The molecule has 0 radical (unpaired) electrons. The number of hydrogen-bond donors (Lipinski definition) is 0. The van der Waals surface area contributed by atoms with Crippen molar-refractivity contribution in [3.8, 4) is 0 Å². The first-order chi connectivity index (χ1) is 8.91. The van der Waals surface area contributed by atoms with Gasteiger partial charge in [-0.1, -0.05) is 6.58 Å². The summed E-state index contributed by atoms with van der Waals surface area (Å²) in [7, 11) is 0. The van der Waals surface area contributed by atoms with E-state index in [1.165, 1.54) is 0 Å². The maximum absolute atomic E-state index is 11.3. The molecule has 0 spiro atoms. The van der Waals surface area contributed by atoms with Crippen LogP contribution >= 0.6 is 0 Å². The normalized spacial score (nSPS) is 13.9. The zero-order chi connectivity index (χ0) is 16.0. The van der Waals surface area contributed by atoms with E-state index in [0.29, 0.717) is 25.2 Å². The Kier molecular flexibility index (Phi) is 7.45. The van der Waals surface area contributed by atoms with Crippen molar-refractivity contribution in [1.29, 1.82) is 0 Å². The van der Waals surface area contributed by atoms with Crippen molar-refractivity contribution >= 4 is 5.97 Å². The predicted molar refractivity (Wildman–Crippen MR) is 80.7 cm³/mol. The molecule has 0 saturated carbocycles. The fourth-order valence-corrected chi connectivity index (χ4v) is 1.43. The molecule has 1 atom stereocenters. The van der Waals surface area contributed by atoms with Crippen molar-refractivity contribution in [2.24, 2.45) is 0 Å². The highest BCUT2D eigenvalue weighted by Crippen LogP contribution is 2.16.